The fourth-order valence-electron chi connectivity index (χ4n) is 7.80. The van der Waals surface area contributed by atoms with Crippen LogP contribution in [0.2, 0.25) is 0 Å². The summed E-state index contributed by atoms with van der Waals surface area (Å²) in [4.78, 5) is 0. The molecule has 4 rings (SSSR count). The predicted octanol–water partition coefficient (Wildman–Crippen LogP) is 6.79. The third kappa shape index (κ3) is 3.85. The van der Waals surface area contributed by atoms with Crippen molar-refractivity contribution in [3.63, 3.8) is 0 Å². The van der Waals surface area contributed by atoms with Crippen molar-refractivity contribution < 1.29 is 9.84 Å². The van der Waals surface area contributed by atoms with Crippen LogP contribution in [0.4, 0.5) is 0 Å². The molecule has 4 fully saturated rings. The van der Waals surface area contributed by atoms with Gasteiger partial charge in [-0.1, -0.05) is 58.4 Å². The average molecular weight is 415 g/mol. The van der Waals surface area contributed by atoms with Gasteiger partial charge in [-0.25, -0.2) is 0 Å². The first kappa shape index (κ1) is 22.6. The molecule has 4 saturated carbocycles. The van der Waals surface area contributed by atoms with E-state index in [1.165, 1.54) is 38.5 Å². The Morgan fingerprint density at radius 1 is 1.10 bits per heavy atom. The van der Waals surface area contributed by atoms with Crippen LogP contribution in [0.15, 0.2) is 23.8 Å². The number of aliphatic hydroxyl groups is 1. The second kappa shape index (κ2) is 8.39. The highest BCUT2D eigenvalue weighted by atomic mass is 16.5. The van der Waals surface area contributed by atoms with Crippen molar-refractivity contribution in [3.05, 3.63) is 23.8 Å². The van der Waals surface area contributed by atoms with E-state index in [1.54, 1.807) is 5.57 Å². The zero-order valence-electron chi connectivity index (χ0n) is 20.4. The second-order valence-electron chi connectivity index (χ2n) is 12.1. The molecule has 2 heteroatoms. The van der Waals surface area contributed by atoms with Gasteiger partial charge in [-0.15, -0.1) is 0 Å². The van der Waals surface area contributed by atoms with Crippen molar-refractivity contribution in [2.75, 3.05) is 7.11 Å². The molecule has 1 N–H and O–H groups in total. The monoisotopic (exact) mass is 414 g/mol. The molecule has 0 saturated heterocycles. The Hall–Kier alpha value is -0.600. The van der Waals surface area contributed by atoms with Crippen LogP contribution < -0.4 is 0 Å². The molecule has 2 nitrogen and oxygen atoms in total. The van der Waals surface area contributed by atoms with E-state index in [2.05, 4.69) is 52.8 Å². The summed E-state index contributed by atoms with van der Waals surface area (Å²) < 4.78 is 6.07. The summed E-state index contributed by atoms with van der Waals surface area (Å²) in [5, 5.41) is 10.2. The van der Waals surface area contributed by atoms with Gasteiger partial charge in [0.15, 0.2) is 0 Å². The highest BCUT2D eigenvalue weighted by Crippen LogP contribution is 2.67. The van der Waals surface area contributed by atoms with Crippen molar-refractivity contribution in [2.24, 2.45) is 46.3 Å². The Balaban J connectivity index is 1.50. The summed E-state index contributed by atoms with van der Waals surface area (Å²) in [6.45, 7) is 12.1. The summed E-state index contributed by atoms with van der Waals surface area (Å²) in [7, 11) is 1.89. The second-order valence-corrected chi connectivity index (χ2v) is 12.1. The lowest BCUT2D eigenvalue weighted by Crippen LogP contribution is -2.36. The van der Waals surface area contributed by atoms with Crippen LogP contribution in [0.3, 0.4) is 0 Å². The van der Waals surface area contributed by atoms with Gasteiger partial charge >= 0.3 is 0 Å². The molecule has 0 aromatic carbocycles. The van der Waals surface area contributed by atoms with E-state index < -0.39 is 0 Å². The van der Waals surface area contributed by atoms with Crippen LogP contribution in [0.1, 0.15) is 86.0 Å². The van der Waals surface area contributed by atoms with E-state index in [1.807, 2.05) is 7.11 Å². The highest BCUT2D eigenvalue weighted by Gasteiger charge is 2.64. The molecule has 4 aliphatic rings. The lowest BCUT2D eigenvalue weighted by atomic mass is 9.61. The van der Waals surface area contributed by atoms with Gasteiger partial charge in [0.25, 0.3) is 0 Å². The van der Waals surface area contributed by atoms with Gasteiger partial charge in [0.1, 0.15) is 0 Å². The lowest BCUT2D eigenvalue weighted by Gasteiger charge is -2.44. The number of methoxy groups -OCH3 is 1. The molecule has 0 spiro atoms. The van der Waals surface area contributed by atoms with Crippen molar-refractivity contribution in [2.45, 2.75) is 98.2 Å². The summed E-state index contributed by atoms with van der Waals surface area (Å²) in [5.74, 6) is 4.25. The van der Waals surface area contributed by atoms with E-state index >= 15 is 0 Å². The maximum Gasteiger partial charge on any atom is 0.0814 e. The zero-order valence-corrected chi connectivity index (χ0v) is 20.4. The Labute approximate surface area is 185 Å². The number of hydrogen-bond acceptors (Lipinski definition) is 2. The van der Waals surface area contributed by atoms with Crippen molar-refractivity contribution in [1.29, 1.82) is 0 Å². The smallest absolute Gasteiger partial charge is 0.0814 e. The molecule has 170 valence electrons. The predicted molar refractivity (Wildman–Crippen MR) is 125 cm³/mol. The van der Waals surface area contributed by atoms with Crippen molar-refractivity contribution in [3.8, 4) is 0 Å². The zero-order chi connectivity index (χ0) is 21.7. The molecule has 0 bridgehead atoms. The summed E-state index contributed by atoms with van der Waals surface area (Å²) in [6.07, 6.45) is 17.5. The number of fused-ring (bicyclic) bond motifs is 2. The Morgan fingerprint density at radius 2 is 1.87 bits per heavy atom. The number of ether oxygens (including phenoxy) is 1. The van der Waals surface area contributed by atoms with Gasteiger partial charge in [0, 0.05) is 12.5 Å². The highest BCUT2D eigenvalue weighted by molar-refractivity contribution is 5.25. The number of rotatable bonds is 7. The van der Waals surface area contributed by atoms with E-state index in [4.69, 9.17) is 4.74 Å². The topological polar surface area (TPSA) is 29.5 Å². The van der Waals surface area contributed by atoms with E-state index in [0.717, 1.165) is 30.6 Å². The molecule has 0 aromatic rings. The third-order valence-electron chi connectivity index (χ3n) is 10.1. The first-order valence-corrected chi connectivity index (χ1v) is 12.8. The average Bonchev–Trinajstić information content (AvgIpc) is 3.08. The van der Waals surface area contributed by atoms with Gasteiger partial charge in [-0.05, 0) is 92.3 Å². The maximum atomic E-state index is 10.2. The van der Waals surface area contributed by atoms with Crippen LogP contribution >= 0.6 is 0 Å². The first-order valence-electron chi connectivity index (χ1n) is 12.8. The molecule has 30 heavy (non-hydrogen) atoms. The standard InChI is InChI=1S/C28H46O2/c1-18(2)19(3)9-10-20(4)24-11-12-25-21(8-7-13-27(24,25)5)14-26(30-6)28-16-22(28)15-23(29)17-28/h9-10,14,18-20,22-26,29H,7-8,11-13,15-17H2,1-6H3/b10-9+,21-14+/t19-,20+,22?,23-,24+,25-,26?,27+,28?/m0/s1. The van der Waals surface area contributed by atoms with E-state index in [-0.39, 0.29) is 17.6 Å². The quantitative estimate of drug-likeness (QED) is 0.465. The fourth-order valence-corrected chi connectivity index (χ4v) is 7.80. The van der Waals surface area contributed by atoms with Crippen LogP contribution in [-0.4, -0.2) is 24.4 Å². The van der Waals surface area contributed by atoms with Crippen LogP contribution in [-0.2, 0) is 4.74 Å². The molecule has 4 aliphatic carbocycles. The minimum atomic E-state index is -0.104. The SMILES string of the molecule is COC(/C=C1\CCC[C@]2(C)[C@@H]([C@H](C)/C=C/[C@H](C)C(C)C)CC[C@@H]12)C12CC1C[C@H](O)C2. The third-order valence-corrected chi connectivity index (χ3v) is 10.1. The molecule has 0 aromatic heterocycles. The molecule has 0 aliphatic heterocycles. The minimum Gasteiger partial charge on any atom is -0.393 e. The summed E-state index contributed by atoms with van der Waals surface area (Å²) in [5.41, 5.74) is 2.37. The maximum absolute atomic E-state index is 10.2. The van der Waals surface area contributed by atoms with Crippen molar-refractivity contribution >= 4 is 0 Å². The van der Waals surface area contributed by atoms with Crippen LogP contribution in [0.25, 0.3) is 0 Å². The van der Waals surface area contributed by atoms with Crippen molar-refractivity contribution in [1.82, 2.24) is 0 Å². The summed E-state index contributed by atoms with van der Waals surface area (Å²) in [6, 6.07) is 0. The van der Waals surface area contributed by atoms with Gasteiger partial charge < -0.3 is 9.84 Å². The number of hydrogen-bond donors (Lipinski definition) is 1. The van der Waals surface area contributed by atoms with E-state index in [0.29, 0.717) is 23.2 Å². The lowest BCUT2D eigenvalue weighted by molar-refractivity contribution is 0.0556. The molecule has 0 amide bonds. The first-order chi connectivity index (χ1) is 14.2. The number of aliphatic hydroxyl groups excluding tert-OH is 1. The molecule has 9 atom stereocenters. The van der Waals surface area contributed by atoms with E-state index in [9.17, 15) is 5.11 Å². The number of allylic oxidation sites excluding steroid dienone is 3. The van der Waals surface area contributed by atoms with Gasteiger partial charge in [-0.2, -0.15) is 0 Å². The Morgan fingerprint density at radius 3 is 2.50 bits per heavy atom. The summed E-state index contributed by atoms with van der Waals surface area (Å²) >= 11 is 0. The molecule has 3 unspecified atom stereocenters. The van der Waals surface area contributed by atoms with Gasteiger partial charge in [0.05, 0.1) is 12.2 Å². The molecular formula is C28H46O2. The van der Waals surface area contributed by atoms with Crippen LogP contribution in [0, 0.1) is 46.3 Å². The van der Waals surface area contributed by atoms with Gasteiger partial charge in [-0.3, -0.25) is 0 Å². The molecular weight excluding hydrogens is 368 g/mol. The van der Waals surface area contributed by atoms with Crippen LogP contribution in [0.5, 0.6) is 0 Å². The molecule has 0 radical (unpaired) electrons. The normalized spacial score (nSPS) is 45.0. The minimum absolute atomic E-state index is 0.104. The Bertz CT molecular complexity index is 678. The molecule has 0 heterocycles. The fraction of sp³-hybridized carbons (Fsp3) is 0.857. The van der Waals surface area contributed by atoms with Gasteiger partial charge in [0.2, 0.25) is 0 Å². The largest absolute Gasteiger partial charge is 0.393 e. The Kier molecular flexibility index (Phi) is 6.32.